The molecule has 0 unspecified atom stereocenters. The lowest BCUT2D eigenvalue weighted by Crippen LogP contribution is -2.31. The zero-order chi connectivity index (χ0) is 32.7. The molecule has 12 heteroatoms. The number of nitriles is 1. The van der Waals surface area contributed by atoms with Gasteiger partial charge in [0.15, 0.2) is 0 Å². The first-order valence-electron chi connectivity index (χ1n) is 15.3. The minimum Gasteiger partial charge on any atom is -0.383 e. The third-order valence-corrected chi connectivity index (χ3v) is 8.62. The predicted octanol–water partition coefficient (Wildman–Crippen LogP) is 5.98. The molecule has 5 aromatic rings. The van der Waals surface area contributed by atoms with E-state index in [1.54, 1.807) is 18.5 Å². The molecule has 1 saturated carbocycles. The number of ether oxygens (including phenoxy) is 1. The normalized spacial score (nSPS) is 14.9. The molecule has 0 bridgehead atoms. The van der Waals surface area contributed by atoms with E-state index >= 15 is 4.39 Å². The Morgan fingerprint density at radius 2 is 1.74 bits per heavy atom. The molecule has 236 valence electrons. The van der Waals surface area contributed by atoms with E-state index in [-0.39, 0.29) is 46.0 Å². The molecule has 2 aliphatic rings. The molecule has 1 saturated heterocycles. The van der Waals surface area contributed by atoms with Crippen LogP contribution in [-0.2, 0) is 4.74 Å². The number of pyridine rings is 2. The Kier molecular flexibility index (Phi) is 7.83. The lowest BCUT2D eigenvalue weighted by atomic mass is 10.0. The number of nitrogen functional groups attached to an aromatic ring is 1. The number of nitrogens with zero attached hydrogens (tertiary/aromatic N) is 5. The Morgan fingerprint density at radius 3 is 2.45 bits per heavy atom. The van der Waals surface area contributed by atoms with E-state index in [9.17, 15) is 19.2 Å². The minimum absolute atomic E-state index is 0.0197. The highest BCUT2D eigenvalue weighted by Crippen LogP contribution is 2.42. The maximum Gasteiger partial charge on any atom is 0.269 e. The number of nitrogens with one attached hydrogen (secondary N) is 1. The topological polar surface area (TPSA) is 141 Å². The van der Waals surface area contributed by atoms with Gasteiger partial charge in [-0.2, -0.15) is 10.4 Å². The maximum absolute atomic E-state index is 15.6. The van der Waals surface area contributed by atoms with Crippen molar-refractivity contribution in [2.75, 3.05) is 24.3 Å². The number of hydrogen-bond acceptors (Lipinski definition) is 7. The largest absolute Gasteiger partial charge is 0.383 e. The summed E-state index contributed by atoms with van der Waals surface area (Å²) in [6.45, 7) is 1.37. The summed E-state index contributed by atoms with van der Waals surface area (Å²) in [5.74, 6) is -1.78. The van der Waals surface area contributed by atoms with Gasteiger partial charge in [0.05, 0.1) is 17.9 Å². The van der Waals surface area contributed by atoms with Gasteiger partial charge >= 0.3 is 0 Å². The standard InChI is InChI=1S/C35H29F2N7O3/c36-23-3-6-26(7-4-23)44-32(16-38)28(20-1-2-20)15-30(35(44)46)34(45)42-24-5-8-27(31(37)14-24)29-13-21(17-40-33(29)39)22-18-41-43(19-22)25-9-11-47-12-10-25/h3-8,13-15,17-20,25H,1-2,9-12H2,(H2,39,40)(H,42,45). The molecule has 4 heterocycles. The summed E-state index contributed by atoms with van der Waals surface area (Å²) >= 11 is 0. The van der Waals surface area contributed by atoms with E-state index in [0.29, 0.717) is 29.9 Å². The third-order valence-electron chi connectivity index (χ3n) is 8.62. The summed E-state index contributed by atoms with van der Waals surface area (Å²) in [4.78, 5) is 31.4. The molecular weight excluding hydrogens is 604 g/mol. The predicted molar refractivity (Wildman–Crippen MR) is 171 cm³/mol. The number of anilines is 2. The van der Waals surface area contributed by atoms with Crippen molar-refractivity contribution in [2.45, 2.75) is 37.6 Å². The molecule has 47 heavy (non-hydrogen) atoms. The summed E-state index contributed by atoms with van der Waals surface area (Å²) in [5.41, 5.74) is 8.32. The zero-order valence-electron chi connectivity index (χ0n) is 25.1. The van der Waals surface area contributed by atoms with Gasteiger partial charge in [0.25, 0.3) is 11.5 Å². The average molecular weight is 634 g/mol. The Bertz CT molecular complexity index is 2110. The molecule has 2 fully saturated rings. The molecular formula is C35H29F2N7O3. The fourth-order valence-electron chi connectivity index (χ4n) is 5.95. The Labute approximate surface area is 268 Å². The number of carbonyl (C=O) groups is 1. The Morgan fingerprint density at radius 1 is 0.979 bits per heavy atom. The molecule has 3 aromatic heterocycles. The lowest BCUT2D eigenvalue weighted by Gasteiger charge is -2.22. The number of hydrogen-bond donors (Lipinski definition) is 2. The molecule has 1 amide bonds. The van der Waals surface area contributed by atoms with Gasteiger partial charge in [-0.3, -0.25) is 18.8 Å². The van der Waals surface area contributed by atoms with E-state index in [2.05, 4.69) is 21.5 Å². The van der Waals surface area contributed by atoms with Crippen molar-refractivity contribution >= 4 is 17.4 Å². The van der Waals surface area contributed by atoms with Crippen molar-refractivity contribution in [2.24, 2.45) is 0 Å². The summed E-state index contributed by atoms with van der Waals surface area (Å²) < 4.78 is 37.8. The number of carbonyl (C=O) groups excluding carboxylic acids is 1. The molecule has 2 aromatic carbocycles. The van der Waals surface area contributed by atoms with Gasteiger partial charge < -0.3 is 15.8 Å². The van der Waals surface area contributed by atoms with Crippen LogP contribution in [-0.4, -0.2) is 38.5 Å². The van der Waals surface area contributed by atoms with E-state index in [1.807, 2.05) is 10.9 Å². The first-order chi connectivity index (χ1) is 22.8. The maximum atomic E-state index is 15.6. The van der Waals surface area contributed by atoms with Crippen LogP contribution in [0.3, 0.4) is 0 Å². The highest BCUT2D eigenvalue weighted by atomic mass is 19.1. The highest BCUT2D eigenvalue weighted by Gasteiger charge is 2.31. The van der Waals surface area contributed by atoms with Crippen LogP contribution in [0.5, 0.6) is 0 Å². The third kappa shape index (κ3) is 5.89. The number of rotatable bonds is 7. The molecule has 10 nitrogen and oxygen atoms in total. The van der Waals surface area contributed by atoms with Gasteiger partial charge in [-0.05, 0) is 91.8 Å². The highest BCUT2D eigenvalue weighted by molar-refractivity contribution is 6.04. The van der Waals surface area contributed by atoms with Crippen LogP contribution >= 0.6 is 0 Å². The van der Waals surface area contributed by atoms with Gasteiger partial charge in [-0.25, -0.2) is 13.8 Å². The molecule has 1 aliphatic carbocycles. The number of halogens is 2. The first kappa shape index (κ1) is 30.0. The molecule has 0 atom stereocenters. The quantitative estimate of drug-likeness (QED) is 0.225. The second kappa shape index (κ2) is 12.3. The smallest absolute Gasteiger partial charge is 0.269 e. The van der Waals surface area contributed by atoms with Crippen molar-refractivity contribution in [3.8, 4) is 34.0 Å². The van der Waals surface area contributed by atoms with Crippen molar-refractivity contribution in [1.82, 2.24) is 19.3 Å². The summed E-state index contributed by atoms with van der Waals surface area (Å²) in [6, 6.07) is 14.7. The number of amides is 1. The van der Waals surface area contributed by atoms with E-state index < -0.39 is 23.1 Å². The van der Waals surface area contributed by atoms with E-state index in [1.165, 1.54) is 42.5 Å². The van der Waals surface area contributed by atoms with Crippen LogP contribution in [0.15, 0.2) is 78.0 Å². The molecule has 0 radical (unpaired) electrons. The Balaban J connectivity index is 1.17. The van der Waals surface area contributed by atoms with Crippen molar-refractivity contribution in [3.63, 3.8) is 0 Å². The van der Waals surface area contributed by atoms with Gasteiger partial charge in [0.1, 0.15) is 34.8 Å². The number of benzene rings is 2. The molecule has 0 spiro atoms. The average Bonchev–Trinajstić information content (AvgIpc) is 3.81. The zero-order valence-corrected chi connectivity index (χ0v) is 25.1. The van der Waals surface area contributed by atoms with Gasteiger partial charge in [-0.15, -0.1) is 0 Å². The van der Waals surface area contributed by atoms with Crippen LogP contribution < -0.4 is 16.6 Å². The molecule has 1 aliphatic heterocycles. The Hall–Kier alpha value is -5.67. The van der Waals surface area contributed by atoms with E-state index in [0.717, 1.165) is 41.9 Å². The fourth-order valence-corrected chi connectivity index (χ4v) is 5.95. The second-order valence-corrected chi connectivity index (χ2v) is 11.7. The van der Waals surface area contributed by atoms with Gasteiger partial charge in [0.2, 0.25) is 0 Å². The number of aromatic nitrogens is 4. The van der Waals surface area contributed by atoms with Gasteiger partial charge in [0, 0.05) is 53.5 Å². The van der Waals surface area contributed by atoms with E-state index in [4.69, 9.17) is 10.5 Å². The summed E-state index contributed by atoms with van der Waals surface area (Å²) in [6.07, 6.45) is 8.65. The van der Waals surface area contributed by atoms with Crippen LogP contribution in [0, 0.1) is 23.0 Å². The van der Waals surface area contributed by atoms with Crippen molar-refractivity contribution < 1.29 is 18.3 Å². The van der Waals surface area contributed by atoms with Crippen molar-refractivity contribution in [1.29, 1.82) is 5.26 Å². The monoisotopic (exact) mass is 633 g/mol. The summed E-state index contributed by atoms with van der Waals surface area (Å²) in [5, 5.41) is 17.1. The van der Waals surface area contributed by atoms with Crippen LogP contribution in [0.2, 0.25) is 0 Å². The SMILES string of the molecule is N#Cc1c(C2CC2)cc(C(=O)Nc2ccc(-c3cc(-c4cnn(C5CCOCC5)c4)cnc3N)c(F)c2)c(=O)n1-c1ccc(F)cc1. The number of nitrogens with two attached hydrogens (primary N) is 1. The van der Waals surface area contributed by atoms with Crippen molar-refractivity contribution in [3.05, 3.63) is 112 Å². The lowest BCUT2D eigenvalue weighted by molar-refractivity contribution is 0.0662. The molecule has 3 N–H and O–H groups in total. The minimum atomic E-state index is -0.769. The second-order valence-electron chi connectivity index (χ2n) is 11.7. The molecule has 7 rings (SSSR count). The first-order valence-corrected chi connectivity index (χ1v) is 15.3. The summed E-state index contributed by atoms with van der Waals surface area (Å²) in [7, 11) is 0. The van der Waals surface area contributed by atoms with Crippen LogP contribution in [0.25, 0.3) is 27.9 Å². The van der Waals surface area contributed by atoms with Crippen LogP contribution in [0.4, 0.5) is 20.3 Å². The fraction of sp³-hybridized carbons (Fsp3) is 0.229. The van der Waals surface area contributed by atoms with Crippen LogP contribution in [0.1, 0.15) is 59.3 Å². The van der Waals surface area contributed by atoms with Gasteiger partial charge in [-0.1, -0.05) is 0 Å².